The lowest BCUT2D eigenvalue weighted by atomic mass is 9.84. The van der Waals surface area contributed by atoms with E-state index in [-0.39, 0.29) is 11.9 Å². The molecule has 1 N–H and O–H groups in total. The highest BCUT2D eigenvalue weighted by Crippen LogP contribution is 2.49. The molecule has 28 heavy (non-hydrogen) atoms. The van der Waals surface area contributed by atoms with E-state index >= 15 is 0 Å². The molecular formula is C24H31NO3. The van der Waals surface area contributed by atoms with Gasteiger partial charge in [-0.2, -0.15) is 0 Å². The Morgan fingerprint density at radius 2 is 1.89 bits per heavy atom. The number of hydrogen-bond acceptors (Lipinski definition) is 3. The molecule has 4 heteroatoms. The van der Waals surface area contributed by atoms with E-state index in [2.05, 4.69) is 38.2 Å². The van der Waals surface area contributed by atoms with Gasteiger partial charge in [0.15, 0.2) is 5.76 Å². The topological polar surface area (TPSA) is 51.5 Å². The van der Waals surface area contributed by atoms with Crippen molar-refractivity contribution in [3.05, 3.63) is 53.5 Å². The SMILES string of the molecule is CC(C)c1ccc(OCc2ccc(C(=O)NC(C)C3CC4CCC3C4)o2)cc1. The van der Waals surface area contributed by atoms with Crippen LogP contribution in [0.2, 0.25) is 0 Å². The van der Waals surface area contributed by atoms with Crippen molar-refractivity contribution in [1.82, 2.24) is 5.32 Å². The number of ether oxygens (including phenoxy) is 1. The number of furan rings is 1. The van der Waals surface area contributed by atoms with Crippen molar-refractivity contribution in [3.63, 3.8) is 0 Å². The van der Waals surface area contributed by atoms with Crippen molar-refractivity contribution in [3.8, 4) is 5.75 Å². The molecule has 1 heterocycles. The Morgan fingerprint density at radius 3 is 2.54 bits per heavy atom. The number of hydrogen-bond donors (Lipinski definition) is 1. The van der Waals surface area contributed by atoms with E-state index in [1.54, 1.807) is 6.07 Å². The first kappa shape index (κ1) is 19.1. The molecule has 4 unspecified atom stereocenters. The average molecular weight is 382 g/mol. The van der Waals surface area contributed by atoms with Crippen molar-refractivity contribution in [2.45, 2.75) is 65.0 Å². The van der Waals surface area contributed by atoms with Gasteiger partial charge in [-0.1, -0.05) is 32.4 Å². The van der Waals surface area contributed by atoms with Gasteiger partial charge in [-0.15, -0.1) is 0 Å². The van der Waals surface area contributed by atoms with Crippen molar-refractivity contribution in [2.75, 3.05) is 0 Å². The van der Waals surface area contributed by atoms with Crippen LogP contribution in [0.1, 0.15) is 74.3 Å². The smallest absolute Gasteiger partial charge is 0.287 e. The number of rotatable bonds is 7. The van der Waals surface area contributed by atoms with Crippen LogP contribution in [0.3, 0.4) is 0 Å². The van der Waals surface area contributed by atoms with Gasteiger partial charge in [0.25, 0.3) is 5.91 Å². The highest BCUT2D eigenvalue weighted by atomic mass is 16.5. The minimum absolute atomic E-state index is 0.122. The standard InChI is InChI=1S/C24H31NO3/c1-15(2)18-6-8-20(9-7-18)27-14-21-10-11-23(28-21)24(26)25-16(3)22-13-17-4-5-19(22)12-17/h6-11,15-17,19,22H,4-5,12-14H2,1-3H3,(H,25,26). The monoisotopic (exact) mass is 381 g/mol. The van der Waals surface area contributed by atoms with E-state index < -0.39 is 0 Å². The summed E-state index contributed by atoms with van der Waals surface area (Å²) in [7, 11) is 0. The Morgan fingerprint density at radius 1 is 1.11 bits per heavy atom. The van der Waals surface area contributed by atoms with Crippen LogP contribution in [-0.4, -0.2) is 11.9 Å². The third-order valence-corrected chi connectivity index (χ3v) is 6.61. The molecular weight excluding hydrogens is 350 g/mol. The normalized spacial score (nSPS) is 24.5. The van der Waals surface area contributed by atoms with E-state index in [0.717, 1.165) is 17.6 Å². The predicted octanol–water partition coefficient (Wildman–Crippen LogP) is 5.54. The second kappa shape index (κ2) is 8.02. The van der Waals surface area contributed by atoms with E-state index in [1.165, 1.54) is 31.2 Å². The molecule has 2 bridgehead atoms. The number of fused-ring (bicyclic) bond motifs is 2. The maximum absolute atomic E-state index is 12.6. The molecule has 2 aliphatic rings. The molecule has 0 radical (unpaired) electrons. The zero-order chi connectivity index (χ0) is 19.7. The van der Waals surface area contributed by atoms with Crippen LogP contribution in [0.5, 0.6) is 5.75 Å². The fourth-order valence-corrected chi connectivity index (χ4v) is 4.97. The molecule has 2 fully saturated rings. The van der Waals surface area contributed by atoms with Gasteiger partial charge < -0.3 is 14.5 Å². The van der Waals surface area contributed by atoms with Crippen LogP contribution in [-0.2, 0) is 6.61 Å². The summed E-state index contributed by atoms with van der Waals surface area (Å²) in [6.07, 6.45) is 5.32. The number of nitrogens with one attached hydrogen (secondary N) is 1. The van der Waals surface area contributed by atoms with Gasteiger partial charge in [-0.25, -0.2) is 0 Å². The zero-order valence-corrected chi connectivity index (χ0v) is 17.1. The van der Waals surface area contributed by atoms with Crippen molar-refractivity contribution < 1.29 is 13.9 Å². The van der Waals surface area contributed by atoms with Crippen LogP contribution in [0.25, 0.3) is 0 Å². The molecule has 0 saturated heterocycles. The first-order chi connectivity index (χ1) is 13.5. The first-order valence-corrected chi connectivity index (χ1v) is 10.6. The van der Waals surface area contributed by atoms with Gasteiger partial charge in [-0.05, 0) is 79.7 Å². The fraction of sp³-hybridized carbons (Fsp3) is 0.542. The van der Waals surface area contributed by atoms with Crippen LogP contribution < -0.4 is 10.1 Å². The van der Waals surface area contributed by atoms with Crippen LogP contribution in [0, 0.1) is 17.8 Å². The minimum Gasteiger partial charge on any atom is -0.486 e. The van der Waals surface area contributed by atoms with Gasteiger partial charge >= 0.3 is 0 Å². The molecule has 4 nitrogen and oxygen atoms in total. The van der Waals surface area contributed by atoms with Crippen LogP contribution in [0.4, 0.5) is 0 Å². The summed E-state index contributed by atoms with van der Waals surface area (Å²) in [5.41, 5.74) is 1.29. The second-order valence-electron chi connectivity index (χ2n) is 8.88. The van der Waals surface area contributed by atoms with E-state index in [0.29, 0.717) is 30.0 Å². The summed E-state index contributed by atoms with van der Waals surface area (Å²) < 4.78 is 11.5. The van der Waals surface area contributed by atoms with Gasteiger partial charge in [0.2, 0.25) is 0 Å². The predicted molar refractivity (Wildman–Crippen MR) is 109 cm³/mol. The van der Waals surface area contributed by atoms with Crippen LogP contribution >= 0.6 is 0 Å². The molecule has 2 aliphatic carbocycles. The lowest BCUT2D eigenvalue weighted by Crippen LogP contribution is -2.40. The number of amides is 1. The average Bonchev–Trinajstić information content (AvgIpc) is 3.43. The van der Waals surface area contributed by atoms with E-state index in [4.69, 9.17) is 9.15 Å². The summed E-state index contributed by atoms with van der Waals surface area (Å²) in [4.78, 5) is 12.6. The van der Waals surface area contributed by atoms with Crippen molar-refractivity contribution in [1.29, 1.82) is 0 Å². The second-order valence-corrected chi connectivity index (χ2v) is 8.88. The summed E-state index contributed by atoms with van der Waals surface area (Å²) in [5.74, 6) is 4.50. The minimum atomic E-state index is -0.122. The van der Waals surface area contributed by atoms with Crippen LogP contribution in [0.15, 0.2) is 40.8 Å². The molecule has 1 aromatic carbocycles. The molecule has 2 saturated carbocycles. The van der Waals surface area contributed by atoms with Gasteiger partial charge in [-0.3, -0.25) is 4.79 Å². The van der Waals surface area contributed by atoms with Crippen molar-refractivity contribution >= 4 is 5.91 Å². The molecule has 4 rings (SSSR count). The number of carbonyl (C=O) groups excluding carboxylic acids is 1. The van der Waals surface area contributed by atoms with Gasteiger partial charge in [0.1, 0.15) is 18.1 Å². The highest BCUT2D eigenvalue weighted by Gasteiger charge is 2.42. The third-order valence-electron chi connectivity index (χ3n) is 6.61. The van der Waals surface area contributed by atoms with Gasteiger partial charge in [0, 0.05) is 6.04 Å². The molecule has 150 valence electrons. The maximum atomic E-state index is 12.6. The van der Waals surface area contributed by atoms with E-state index in [1.807, 2.05) is 18.2 Å². The number of carbonyl (C=O) groups is 1. The maximum Gasteiger partial charge on any atom is 0.287 e. The number of benzene rings is 1. The zero-order valence-electron chi connectivity index (χ0n) is 17.1. The summed E-state index contributed by atoms with van der Waals surface area (Å²) in [5, 5.41) is 3.15. The third kappa shape index (κ3) is 4.11. The summed E-state index contributed by atoms with van der Waals surface area (Å²) >= 11 is 0. The Balaban J connectivity index is 1.29. The highest BCUT2D eigenvalue weighted by molar-refractivity contribution is 5.91. The van der Waals surface area contributed by atoms with Crippen molar-refractivity contribution in [2.24, 2.45) is 17.8 Å². The lowest BCUT2D eigenvalue weighted by molar-refractivity contribution is 0.0883. The fourth-order valence-electron chi connectivity index (χ4n) is 4.97. The molecule has 1 aromatic heterocycles. The lowest BCUT2D eigenvalue weighted by Gasteiger charge is -2.28. The first-order valence-electron chi connectivity index (χ1n) is 10.6. The molecule has 0 spiro atoms. The Hall–Kier alpha value is -2.23. The van der Waals surface area contributed by atoms with E-state index in [9.17, 15) is 4.79 Å². The quantitative estimate of drug-likeness (QED) is 0.685. The summed E-state index contributed by atoms with van der Waals surface area (Å²) in [6.45, 7) is 6.79. The molecule has 4 atom stereocenters. The molecule has 0 aliphatic heterocycles. The van der Waals surface area contributed by atoms with Gasteiger partial charge in [0.05, 0.1) is 0 Å². The molecule has 2 aromatic rings. The Kier molecular flexibility index (Phi) is 5.47. The summed E-state index contributed by atoms with van der Waals surface area (Å²) in [6, 6.07) is 11.9. The Labute approximate surface area is 167 Å². The largest absolute Gasteiger partial charge is 0.486 e. The Bertz CT molecular complexity index is 808. The molecule has 1 amide bonds.